The molecule has 78 valence electrons. The fraction of sp³-hybridized carbons (Fsp3) is 0.800. The van der Waals surface area contributed by atoms with Gasteiger partial charge in [0.05, 0.1) is 0 Å². The molecule has 1 atom stereocenters. The highest BCUT2D eigenvalue weighted by molar-refractivity contribution is 7.98. The van der Waals surface area contributed by atoms with E-state index in [4.69, 9.17) is 11.6 Å². The second-order valence-corrected chi connectivity index (χ2v) is 4.68. The molecule has 0 rings (SSSR count). The molecule has 0 spiro atoms. The van der Waals surface area contributed by atoms with Gasteiger partial charge in [0.1, 0.15) is 0 Å². The Morgan fingerprint density at radius 3 is 2.69 bits per heavy atom. The summed E-state index contributed by atoms with van der Waals surface area (Å²) >= 11 is 7.57. The molecule has 1 nitrogen and oxygen atoms in total. The predicted molar refractivity (Wildman–Crippen MR) is 65.0 cm³/mol. The van der Waals surface area contributed by atoms with Gasteiger partial charge in [0, 0.05) is 18.5 Å². The van der Waals surface area contributed by atoms with Gasteiger partial charge in [-0.3, -0.25) is 4.90 Å². The highest BCUT2D eigenvalue weighted by atomic mass is 35.5. The summed E-state index contributed by atoms with van der Waals surface area (Å²) in [4.78, 5) is 2.31. The lowest BCUT2D eigenvalue weighted by Crippen LogP contribution is -2.31. The molecule has 1 unspecified atom stereocenters. The fourth-order valence-electron chi connectivity index (χ4n) is 1.06. The fourth-order valence-corrected chi connectivity index (χ4v) is 1.72. The maximum Gasteiger partial charge on any atom is 0.0443 e. The Balaban J connectivity index is 3.68. The smallest absolute Gasteiger partial charge is 0.0443 e. The quantitative estimate of drug-likeness (QED) is 0.481. The molecule has 0 aliphatic rings. The van der Waals surface area contributed by atoms with Gasteiger partial charge in [0.15, 0.2) is 0 Å². The van der Waals surface area contributed by atoms with Gasteiger partial charge in [0.2, 0.25) is 0 Å². The van der Waals surface area contributed by atoms with E-state index in [1.165, 1.54) is 12.2 Å². The number of hydrogen-bond donors (Lipinski definition) is 0. The molecule has 0 aromatic heterocycles. The maximum atomic E-state index is 5.67. The molecular formula is C10H20ClNS. The van der Waals surface area contributed by atoms with Gasteiger partial charge >= 0.3 is 0 Å². The van der Waals surface area contributed by atoms with Crippen LogP contribution in [0.1, 0.15) is 13.3 Å². The normalized spacial score (nSPS) is 13.3. The monoisotopic (exact) mass is 221 g/mol. The Morgan fingerprint density at radius 1 is 1.62 bits per heavy atom. The maximum absolute atomic E-state index is 5.67. The lowest BCUT2D eigenvalue weighted by atomic mass is 10.2. The van der Waals surface area contributed by atoms with Crippen LogP contribution in [0.3, 0.4) is 0 Å². The second kappa shape index (κ2) is 7.72. The van der Waals surface area contributed by atoms with Crippen molar-refractivity contribution in [2.24, 2.45) is 0 Å². The standard InChI is InChI=1S/C10H20ClNS/c1-9(7-11)8-12(3)10(2)5-6-13-4/h10H,1,5-8H2,2-4H3. The van der Waals surface area contributed by atoms with Gasteiger partial charge < -0.3 is 0 Å². The molecule has 0 aliphatic heterocycles. The van der Waals surface area contributed by atoms with E-state index in [0.717, 1.165) is 12.1 Å². The number of nitrogens with zero attached hydrogens (tertiary/aromatic N) is 1. The van der Waals surface area contributed by atoms with Crippen molar-refractivity contribution in [3.05, 3.63) is 12.2 Å². The highest BCUT2D eigenvalue weighted by Crippen LogP contribution is 2.08. The van der Waals surface area contributed by atoms with E-state index in [9.17, 15) is 0 Å². The topological polar surface area (TPSA) is 3.24 Å². The van der Waals surface area contributed by atoms with Crippen LogP contribution in [-0.2, 0) is 0 Å². The first-order valence-corrected chi connectivity index (χ1v) is 6.46. The summed E-state index contributed by atoms with van der Waals surface area (Å²) in [5.41, 5.74) is 1.10. The molecule has 0 bridgehead atoms. The molecule has 0 heterocycles. The highest BCUT2D eigenvalue weighted by Gasteiger charge is 2.08. The first-order valence-electron chi connectivity index (χ1n) is 4.53. The summed E-state index contributed by atoms with van der Waals surface area (Å²) in [6, 6.07) is 0.618. The van der Waals surface area contributed by atoms with E-state index in [1.54, 1.807) is 0 Å². The van der Waals surface area contributed by atoms with Gasteiger partial charge in [-0.05, 0) is 38.0 Å². The molecule has 0 aromatic rings. The summed E-state index contributed by atoms with van der Waals surface area (Å²) in [6.45, 7) is 7.06. The predicted octanol–water partition coefficient (Wildman–Crippen LogP) is 2.85. The largest absolute Gasteiger partial charge is 0.300 e. The van der Waals surface area contributed by atoms with E-state index < -0.39 is 0 Å². The Kier molecular flexibility index (Phi) is 7.92. The molecule has 13 heavy (non-hydrogen) atoms. The molecular weight excluding hydrogens is 202 g/mol. The van der Waals surface area contributed by atoms with Crippen LogP contribution in [0.2, 0.25) is 0 Å². The molecule has 0 radical (unpaired) electrons. The Hall–Kier alpha value is 0.340. The zero-order chi connectivity index (χ0) is 10.3. The minimum absolute atomic E-state index is 0.569. The van der Waals surface area contributed by atoms with E-state index in [0.29, 0.717) is 11.9 Å². The Bertz CT molecular complexity index is 150. The third-order valence-corrected chi connectivity index (χ3v) is 3.18. The van der Waals surface area contributed by atoms with Gasteiger partial charge in [-0.15, -0.1) is 11.6 Å². The van der Waals surface area contributed by atoms with Crippen LogP contribution >= 0.6 is 23.4 Å². The zero-order valence-electron chi connectivity index (χ0n) is 8.85. The number of halogens is 1. The summed E-state index contributed by atoms with van der Waals surface area (Å²) in [5.74, 6) is 1.79. The molecule has 0 saturated heterocycles. The van der Waals surface area contributed by atoms with Crippen molar-refractivity contribution < 1.29 is 0 Å². The van der Waals surface area contributed by atoms with Gasteiger partial charge in [-0.2, -0.15) is 11.8 Å². The van der Waals surface area contributed by atoms with Crippen molar-refractivity contribution >= 4 is 23.4 Å². The van der Waals surface area contributed by atoms with Crippen LogP contribution in [0, 0.1) is 0 Å². The summed E-state index contributed by atoms with van der Waals surface area (Å²) in [7, 11) is 2.13. The molecule has 3 heteroatoms. The second-order valence-electron chi connectivity index (χ2n) is 3.43. The Morgan fingerprint density at radius 2 is 2.23 bits per heavy atom. The summed E-state index contributed by atoms with van der Waals surface area (Å²) < 4.78 is 0. The number of alkyl halides is 1. The van der Waals surface area contributed by atoms with Crippen LogP contribution in [0.5, 0.6) is 0 Å². The number of hydrogen-bond acceptors (Lipinski definition) is 2. The van der Waals surface area contributed by atoms with Crippen LogP contribution in [0.15, 0.2) is 12.2 Å². The number of likely N-dealkylation sites (N-methyl/N-ethyl adjacent to an activating group) is 1. The molecule has 0 saturated carbocycles. The molecule has 0 N–H and O–H groups in total. The van der Waals surface area contributed by atoms with Gasteiger partial charge in [0.25, 0.3) is 0 Å². The number of thioether (sulfide) groups is 1. The van der Waals surface area contributed by atoms with Crippen molar-refractivity contribution in [1.82, 2.24) is 4.90 Å². The van der Waals surface area contributed by atoms with Crippen molar-refractivity contribution in [1.29, 1.82) is 0 Å². The lowest BCUT2D eigenvalue weighted by Gasteiger charge is -2.24. The average molecular weight is 222 g/mol. The van der Waals surface area contributed by atoms with Crippen LogP contribution in [0.4, 0.5) is 0 Å². The number of rotatable bonds is 7. The van der Waals surface area contributed by atoms with E-state index >= 15 is 0 Å². The van der Waals surface area contributed by atoms with E-state index in [2.05, 4.69) is 31.7 Å². The van der Waals surface area contributed by atoms with E-state index in [1.807, 2.05) is 11.8 Å². The van der Waals surface area contributed by atoms with E-state index in [-0.39, 0.29) is 0 Å². The van der Waals surface area contributed by atoms with Gasteiger partial charge in [-0.1, -0.05) is 6.58 Å². The minimum Gasteiger partial charge on any atom is -0.300 e. The third kappa shape index (κ3) is 6.42. The van der Waals surface area contributed by atoms with Crippen LogP contribution in [-0.4, -0.2) is 42.4 Å². The molecule has 0 amide bonds. The van der Waals surface area contributed by atoms with Crippen molar-refractivity contribution in [2.75, 3.05) is 31.5 Å². The van der Waals surface area contributed by atoms with Crippen molar-refractivity contribution in [3.8, 4) is 0 Å². The SMILES string of the molecule is C=C(CCl)CN(C)C(C)CCSC. The first kappa shape index (κ1) is 13.3. The first-order chi connectivity index (χ1) is 6.11. The minimum atomic E-state index is 0.569. The van der Waals surface area contributed by atoms with Gasteiger partial charge in [-0.25, -0.2) is 0 Å². The Labute approximate surface area is 91.5 Å². The van der Waals surface area contributed by atoms with Crippen LogP contribution in [0.25, 0.3) is 0 Å². The zero-order valence-corrected chi connectivity index (χ0v) is 10.4. The van der Waals surface area contributed by atoms with Crippen LogP contribution < -0.4 is 0 Å². The third-order valence-electron chi connectivity index (χ3n) is 2.15. The summed E-state index contributed by atoms with van der Waals surface area (Å²) in [5, 5.41) is 0. The summed E-state index contributed by atoms with van der Waals surface area (Å²) in [6.07, 6.45) is 3.37. The molecule has 0 fully saturated rings. The molecule has 0 aliphatic carbocycles. The van der Waals surface area contributed by atoms with Crippen molar-refractivity contribution in [2.45, 2.75) is 19.4 Å². The molecule has 0 aromatic carbocycles. The van der Waals surface area contributed by atoms with Crippen molar-refractivity contribution in [3.63, 3.8) is 0 Å². The average Bonchev–Trinajstić information content (AvgIpc) is 2.13. The lowest BCUT2D eigenvalue weighted by molar-refractivity contribution is 0.274.